The number of nitrogen functional groups attached to an aromatic ring is 1. The summed E-state index contributed by atoms with van der Waals surface area (Å²) in [5.74, 6) is 0.483. The molecular formula is C13H16N2O3S2. The average Bonchev–Trinajstić information content (AvgIpc) is 2.90. The topological polar surface area (TPSA) is 72.6 Å². The number of hydrogen-bond donors (Lipinski definition) is 1. The molecule has 0 spiro atoms. The lowest BCUT2D eigenvalue weighted by Crippen LogP contribution is -2.22. The van der Waals surface area contributed by atoms with Gasteiger partial charge in [-0.2, -0.15) is 0 Å². The number of rotatable bonds is 5. The van der Waals surface area contributed by atoms with Crippen molar-refractivity contribution in [2.75, 3.05) is 19.8 Å². The van der Waals surface area contributed by atoms with Crippen molar-refractivity contribution in [3.63, 3.8) is 0 Å². The van der Waals surface area contributed by atoms with Gasteiger partial charge in [-0.1, -0.05) is 6.07 Å². The highest BCUT2D eigenvalue weighted by atomic mass is 32.2. The second-order valence-corrected chi connectivity index (χ2v) is 7.54. The molecule has 1 heterocycles. The van der Waals surface area contributed by atoms with Crippen molar-refractivity contribution >= 4 is 27.0 Å². The second kappa shape index (κ2) is 5.82. The van der Waals surface area contributed by atoms with Crippen LogP contribution < -0.4 is 10.5 Å². The highest BCUT2D eigenvalue weighted by Gasteiger charge is 2.18. The summed E-state index contributed by atoms with van der Waals surface area (Å²) in [6.07, 6.45) is 0. The van der Waals surface area contributed by atoms with Gasteiger partial charge in [0.25, 0.3) is 0 Å². The molecule has 108 valence electrons. The summed E-state index contributed by atoms with van der Waals surface area (Å²) in [6.45, 7) is 0.418. The van der Waals surface area contributed by atoms with Crippen molar-refractivity contribution in [1.82, 2.24) is 4.31 Å². The monoisotopic (exact) mass is 312 g/mol. The van der Waals surface area contributed by atoms with E-state index in [1.54, 1.807) is 17.4 Å². The van der Waals surface area contributed by atoms with E-state index in [-0.39, 0.29) is 4.90 Å². The fourth-order valence-electron chi connectivity index (χ4n) is 1.57. The van der Waals surface area contributed by atoms with E-state index in [1.807, 2.05) is 17.5 Å². The summed E-state index contributed by atoms with van der Waals surface area (Å²) in [7, 11) is -0.517. The highest BCUT2D eigenvalue weighted by Crippen LogP contribution is 2.27. The molecule has 20 heavy (non-hydrogen) atoms. The second-order valence-electron chi connectivity index (χ2n) is 4.36. The van der Waals surface area contributed by atoms with Gasteiger partial charge in [-0.25, -0.2) is 12.7 Å². The Hall–Kier alpha value is -1.57. The van der Waals surface area contributed by atoms with Gasteiger partial charge in [-0.15, -0.1) is 11.3 Å². The normalized spacial score (nSPS) is 11.8. The summed E-state index contributed by atoms with van der Waals surface area (Å²) < 4.78 is 30.7. The molecule has 0 amide bonds. The van der Waals surface area contributed by atoms with Crippen LogP contribution in [0, 0.1) is 0 Å². The first-order valence-corrected chi connectivity index (χ1v) is 8.20. The molecule has 1 aromatic heterocycles. The van der Waals surface area contributed by atoms with Crippen LogP contribution >= 0.6 is 11.3 Å². The van der Waals surface area contributed by atoms with Gasteiger partial charge in [-0.3, -0.25) is 0 Å². The maximum Gasteiger partial charge on any atom is 0.242 e. The van der Waals surface area contributed by atoms with E-state index in [4.69, 9.17) is 10.5 Å². The first kappa shape index (κ1) is 14.8. The van der Waals surface area contributed by atoms with Crippen LogP contribution in [0.15, 0.2) is 40.6 Å². The van der Waals surface area contributed by atoms with E-state index >= 15 is 0 Å². The molecule has 0 atom stereocenters. The summed E-state index contributed by atoms with van der Waals surface area (Å²) in [5, 5.41) is 1.97. The van der Waals surface area contributed by atoms with Gasteiger partial charge in [0.05, 0.1) is 10.6 Å². The molecule has 0 aliphatic rings. The van der Waals surface area contributed by atoms with Crippen LogP contribution in [0.5, 0.6) is 5.75 Å². The van der Waals surface area contributed by atoms with Crippen molar-refractivity contribution in [2.24, 2.45) is 0 Å². The maximum absolute atomic E-state index is 12.0. The van der Waals surface area contributed by atoms with Gasteiger partial charge in [0.1, 0.15) is 12.4 Å². The van der Waals surface area contributed by atoms with E-state index < -0.39 is 10.0 Å². The van der Waals surface area contributed by atoms with Crippen LogP contribution in [0.2, 0.25) is 0 Å². The molecule has 0 radical (unpaired) electrons. The zero-order valence-corrected chi connectivity index (χ0v) is 12.9. The minimum atomic E-state index is -3.47. The Balaban J connectivity index is 2.18. The standard InChI is InChI=1S/C13H16N2O3S2/c1-15(2)20(16,17)11-5-6-13(12(14)8-11)18-9-10-4-3-7-19-10/h3-8H,9,14H2,1-2H3. The number of sulfonamides is 1. The third kappa shape index (κ3) is 3.12. The van der Waals surface area contributed by atoms with Crippen molar-refractivity contribution in [1.29, 1.82) is 0 Å². The third-order valence-corrected chi connectivity index (χ3v) is 5.37. The molecule has 2 rings (SSSR count). The van der Waals surface area contributed by atoms with Crippen LogP contribution in [0.4, 0.5) is 5.69 Å². The van der Waals surface area contributed by atoms with Crippen LogP contribution in [0.25, 0.3) is 0 Å². The van der Waals surface area contributed by atoms with E-state index in [9.17, 15) is 8.42 Å². The summed E-state index contributed by atoms with van der Waals surface area (Å²) in [6, 6.07) is 8.40. The minimum Gasteiger partial charge on any atom is -0.486 e. The van der Waals surface area contributed by atoms with E-state index in [2.05, 4.69) is 0 Å². The number of benzene rings is 1. The van der Waals surface area contributed by atoms with Gasteiger partial charge in [-0.05, 0) is 29.6 Å². The minimum absolute atomic E-state index is 0.156. The molecule has 0 aliphatic carbocycles. The zero-order chi connectivity index (χ0) is 14.8. The number of nitrogens with zero attached hydrogens (tertiary/aromatic N) is 1. The number of nitrogens with two attached hydrogens (primary N) is 1. The Morgan fingerprint density at radius 2 is 2.05 bits per heavy atom. The molecule has 2 aromatic rings. The van der Waals surface area contributed by atoms with Crippen molar-refractivity contribution in [3.05, 3.63) is 40.6 Å². The fraction of sp³-hybridized carbons (Fsp3) is 0.231. The largest absolute Gasteiger partial charge is 0.486 e. The molecule has 1 aromatic carbocycles. The predicted octanol–water partition coefficient (Wildman–Crippen LogP) is 2.16. The van der Waals surface area contributed by atoms with Crippen LogP contribution in [-0.4, -0.2) is 26.8 Å². The van der Waals surface area contributed by atoms with Crippen LogP contribution in [0.3, 0.4) is 0 Å². The highest BCUT2D eigenvalue weighted by molar-refractivity contribution is 7.89. The van der Waals surface area contributed by atoms with Gasteiger partial charge in [0.15, 0.2) is 0 Å². The smallest absolute Gasteiger partial charge is 0.242 e. The molecular weight excluding hydrogens is 296 g/mol. The van der Waals surface area contributed by atoms with Gasteiger partial charge >= 0.3 is 0 Å². The van der Waals surface area contributed by atoms with Gasteiger partial charge in [0.2, 0.25) is 10.0 Å². The van der Waals surface area contributed by atoms with Crippen molar-refractivity contribution in [2.45, 2.75) is 11.5 Å². The molecule has 2 N–H and O–H groups in total. The lowest BCUT2D eigenvalue weighted by Gasteiger charge is -2.13. The summed E-state index contributed by atoms with van der Waals surface area (Å²) >= 11 is 1.59. The molecule has 0 saturated heterocycles. The van der Waals surface area contributed by atoms with Gasteiger partial charge < -0.3 is 10.5 Å². The molecule has 0 fully saturated rings. The van der Waals surface area contributed by atoms with Gasteiger partial charge in [0, 0.05) is 19.0 Å². The van der Waals surface area contributed by atoms with E-state index in [0.29, 0.717) is 18.0 Å². The lowest BCUT2D eigenvalue weighted by molar-refractivity contribution is 0.311. The Morgan fingerprint density at radius 3 is 2.60 bits per heavy atom. The van der Waals surface area contributed by atoms with Crippen LogP contribution in [-0.2, 0) is 16.6 Å². The van der Waals surface area contributed by atoms with E-state index in [1.165, 1.54) is 26.2 Å². The van der Waals surface area contributed by atoms with Crippen molar-refractivity contribution in [3.8, 4) is 5.75 Å². The fourth-order valence-corrected chi connectivity index (χ4v) is 3.13. The third-order valence-electron chi connectivity index (χ3n) is 2.71. The molecule has 0 unspecified atom stereocenters. The number of thiophene rings is 1. The molecule has 7 heteroatoms. The predicted molar refractivity (Wildman–Crippen MR) is 80.4 cm³/mol. The molecule has 0 saturated carbocycles. The summed E-state index contributed by atoms with van der Waals surface area (Å²) in [5.41, 5.74) is 6.16. The zero-order valence-electron chi connectivity index (χ0n) is 11.2. The Bertz CT molecular complexity index is 680. The summed E-state index contributed by atoms with van der Waals surface area (Å²) in [4.78, 5) is 1.23. The Kier molecular flexibility index (Phi) is 4.32. The first-order valence-electron chi connectivity index (χ1n) is 5.88. The Morgan fingerprint density at radius 1 is 1.30 bits per heavy atom. The SMILES string of the molecule is CN(C)S(=O)(=O)c1ccc(OCc2cccs2)c(N)c1. The maximum atomic E-state index is 12.0. The number of ether oxygens (including phenoxy) is 1. The molecule has 0 aliphatic heterocycles. The number of anilines is 1. The Labute approximate surface area is 122 Å². The molecule has 5 nitrogen and oxygen atoms in total. The van der Waals surface area contributed by atoms with E-state index in [0.717, 1.165) is 9.18 Å². The lowest BCUT2D eigenvalue weighted by atomic mass is 10.3. The average molecular weight is 312 g/mol. The molecule has 0 bridgehead atoms. The first-order chi connectivity index (χ1) is 9.41. The number of hydrogen-bond acceptors (Lipinski definition) is 5. The van der Waals surface area contributed by atoms with Crippen molar-refractivity contribution < 1.29 is 13.2 Å². The quantitative estimate of drug-likeness (QED) is 0.859. The van der Waals surface area contributed by atoms with Crippen LogP contribution in [0.1, 0.15) is 4.88 Å².